The molecule has 0 bridgehead atoms. The average molecular weight is 307 g/mol. The largest absolute Gasteiger partial charge is 0.469 e. The van der Waals surface area contributed by atoms with Gasteiger partial charge in [0.2, 0.25) is 0 Å². The first-order valence-electron chi connectivity index (χ1n) is 7.05. The number of carbonyl (C=O) groups excluding carboxylic acids is 1. The van der Waals surface area contributed by atoms with Crippen LogP contribution in [0.15, 0.2) is 41.0 Å². The van der Waals surface area contributed by atoms with Crippen molar-refractivity contribution in [1.29, 1.82) is 0 Å². The van der Waals surface area contributed by atoms with E-state index >= 15 is 0 Å². The molecule has 0 radical (unpaired) electrons. The second kappa shape index (κ2) is 6.17. The van der Waals surface area contributed by atoms with Gasteiger partial charge in [0.1, 0.15) is 11.5 Å². The average Bonchev–Trinajstić information content (AvgIpc) is 2.96. The molecule has 1 heterocycles. The summed E-state index contributed by atoms with van der Waals surface area (Å²) in [6.45, 7) is -2.91. The Morgan fingerprint density at radius 1 is 1.36 bits per heavy atom. The standard InChI is InChI=1S/C16H15F2NO3/c17-16(18)22-11-4-1-3-10(9-11)15(20)19-13-5-2-6-14-12(13)7-8-21-14/h1,3-4,7-9,13,16H,2,5-6H2,(H,19,20). The number of fused-ring (bicyclic) bond motifs is 1. The van der Waals surface area contributed by atoms with E-state index < -0.39 is 6.61 Å². The molecule has 1 atom stereocenters. The Kier molecular flexibility index (Phi) is 4.09. The number of aryl methyl sites for hydroxylation is 1. The number of hydrogen-bond acceptors (Lipinski definition) is 3. The van der Waals surface area contributed by atoms with E-state index in [9.17, 15) is 13.6 Å². The molecule has 1 aliphatic rings. The molecule has 1 N–H and O–H groups in total. The van der Waals surface area contributed by atoms with Crippen LogP contribution in [-0.2, 0) is 6.42 Å². The molecule has 0 saturated carbocycles. The van der Waals surface area contributed by atoms with E-state index in [0.717, 1.165) is 30.6 Å². The number of rotatable bonds is 4. The summed E-state index contributed by atoms with van der Waals surface area (Å²) < 4.78 is 34.1. The monoisotopic (exact) mass is 307 g/mol. The van der Waals surface area contributed by atoms with Crippen LogP contribution < -0.4 is 10.1 Å². The van der Waals surface area contributed by atoms with Crippen molar-refractivity contribution < 1.29 is 22.7 Å². The van der Waals surface area contributed by atoms with Crippen molar-refractivity contribution in [3.63, 3.8) is 0 Å². The molecule has 0 aliphatic heterocycles. The summed E-state index contributed by atoms with van der Waals surface area (Å²) in [5, 5.41) is 2.92. The van der Waals surface area contributed by atoms with Crippen LogP contribution in [-0.4, -0.2) is 12.5 Å². The van der Waals surface area contributed by atoms with Crippen LogP contribution in [0, 0.1) is 0 Å². The van der Waals surface area contributed by atoms with Gasteiger partial charge < -0.3 is 14.5 Å². The van der Waals surface area contributed by atoms with Crippen molar-refractivity contribution in [2.75, 3.05) is 0 Å². The molecule has 1 aliphatic carbocycles. The van der Waals surface area contributed by atoms with Crippen molar-refractivity contribution in [2.24, 2.45) is 0 Å². The fraction of sp³-hybridized carbons (Fsp3) is 0.312. The summed E-state index contributed by atoms with van der Waals surface area (Å²) >= 11 is 0. The second-order valence-electron chi connectivity index (χ2n) is 5.12. The highest BCUT2D eigenvalue weighted by molar-refractivity contribution is 5.94. The van der Waals surface area contributed by atoms with E-state index in [1.54, 1.807) is 12.3 Å². The van der Waals surface area contributed by atoms with E-state index in [2.05, 4.69) is 10.1 Å². The van der Waals surface area contributed by atoms with Crippen LogP contribution in [0.2, 0.25) is 0 Å². The number of carbonyl (C=O) groups is 1. The molecule has 0 saturated heterocycles. The van der Waals surface area contributed by atoms with Gasteiger partial charge in [-0.3, -0.25) is 4.79 Å². The van der Waals surface area contributed by atoms with Crippen LogP contribution in [0.4, 0.5) is 8.78 Å². The van der Waals surface area contributed by atoms with E-state index in [1.165, 1.54) is 18.2 Å². The summed E-state index contributed by atoms with van der Waals surface area (Å²) in [6.07, 6.45) is 4.24. The van der Waals surface area contributed by atoms with Gasteiger partial charge in [-0.15, -0.1) is 0 Å². The Balaban J connectivity index is 1.73. The second-order valence-corrected chi connectivity index (χ2v) is 5.12. The van der Waals surface area contributed by atoms with Crippen LogP contribution in [0.3, 0.4) is 0 Å². The maximum atomic E-state index is 12.3. The molecule has 0 spiro atoms. The van der Waals surface area contributed by atoms with E-state index in [-0.39, 0.29) is 23.3 Å². The topological polar surface area (TPSA) is 51.5 Å². The molecule has 1 unspecified atom stereocenters. The number of nitrogens with one attached hydrogen (secondary N) is 1. The lowest BCUT2D eigenvalue weighted by Gasteiger charge is -2.22. The van der Waals surface area contributed by atoms with Crippen molar-refractivity contribution >= 4 is 5.91 Å². The van der Waals surface area contributed by atoms with Crippen molar-refractivity contribution in [3.8, 4) is 5.75 Å². The maximum Gasteiger partial charge on any atom is 0.387 e. The minimum atomic E-state index is -2.91. The molecule has 1 amide bonds. The highest BCUT2D eigenvalue weighted by Gasteiger charge is 2.24. The zero-order valence-electron chi connectivity index (χ0n) is 11.7. The number of furan rings is 1. The lowest BCUT2D eigenvalue weighted by molar-refractivity contribution is -0.0498. The molecule has 1 aromatic heterocycles. The van der Waals surface area contributed by atoms with Gasteiger partial charge in [0, 0.05) is 17.5 Å². The fourth-order valence-electron chi connectivity index (χ4n) is 2.69. The zero-order chi connectivity index (χ0) is 15.5. The van der Waals surface area contributed by atoms with E-state index in [1.807, 2.05) is 6.07 Å². The molecular formula is C16H15F2NO3. The van der Waals surface area contributed by atoms with Gasteiger partial charge >= 0.3 is 6.61 Å². The molecule has 1 aromatic carbocycles. The first kappa shape index (κ1) is 14.6. The van der Waals surface area contributed by atoms with Gasteiger partial charge in [-0.05, 0) is 37.1 Å². The molecule has 3 rings (SSSR count). The number of alkyl halides is 2. The number of benzene rings is 1. The van der Waals surface area contributed by atoms with Gasteiger partial charge in [0.25, 0.3) is 5.91 Å². The minimum Gasteiger partial charge on any atom is -0.469 e. The maximum absolute atomic E-state index is 12.3. The summed E-state index contributed by atoms with van der Waals surface area (Å²) in [4.78, 5) is 12.3. The van der Waals surface area contributed by atoms with Gasteiger partial charge in [-0.25, -0.2) is 0 Å². The number of amides is 1. The van der Waals surface area contributed by atoms with Crippen molar-refractivity contribution in [2.45, 2.75) is 31.9 Å². The fourth-order valence-corrected chi connectivity index (χ4v) is 2.69. The highest BCUT2D eigenvalue weighted by Crippen LogP contribution is 2.30. The number of halogens is 2. The quantitative estimate of drug-likeness (QED) is 0.937. The third kappa shape index (κ3) is 3.10. The van der Waals surface area contributed by atoms with Gasteiger partial charge in [-0.1, -0.05) is 6.07 Å². The van der Waals surface area contributed by atoms with Crippen LogP contribution in [0.25, 0.3) is 0 Å². The Morgan fingerprint density at radius 2 is 2.23 bits per heavy atom. The minimum absolute atomic E-state index is 0.0321. The molecule has 2 aromatic rings. The smallest absolute Gasteiger partial charge is 0.387 e. The lowest BCUT2D eigenvalue weighted by Crippen LogP contribution is -2.30. The SMILES string of the molecule is O=C(NC1CCCc2occc21)c1cccc(OC(F)F)c1. The number of ether oxygens (including phenoxy) is 1. The normalized spacial score (nSPS) is 17.1. The Labute approximate surface area is 126 Å². The molecule has 0 fully saturated rings. The van der Waals surface area contributed by atoms with Gasteiger partial charge in [0.05, 0.1) is 12.3 Å². The third-order valence-corrected chi connectivity index (χ3v) is 3.68. The Morgan fingerprint density at radius 3 is 3.05 bits per heavy atom. The van der Waals surface area contributed by atoms with Gasteiger partial charge in [-0.2, -0.15) is 8.78 Å². The number of hydrogen-bond donors (Lipinski definition) is 1. The molecule has 22 heavy (non-hydrogen) atoms. The van der Waals surface area contributed by atoms with Crippen molar-refractivity contribution in [1.82, 2.24) is 5.32 Å². The lowest BCUT2D eigenvalue weighted by atomic mass is 9.93. The third-order valence-electron chi connectivity index (χ3n) is 3.68. The summed E-state index contributed by atoms with van der Waals surface area (Å²) in [5.41, 5.74) is 1.27. The predicted molar refractivity (Wildman–Crippen MR) is 74.9 cm³/mol. The zero-order valence-corrected chi connectivity index (χ0v) is 11.7. The van der Waals surface area contributed by atoms with E-state index in [4.69, 9.17) is 4.42 Å². The Bertz CT molecular complexity index is 669. The van der Waals surface area contributed by atoms with E-state index in [0.29, 0.717) is 0 Å². The molecule has 4 nitrogen and oxygen atoms in total. The first-order chi connectivity index (χ1) is 10.6. The summed E-state index contributed by atoms with van der Waals surface area (Å²) in [7, 11) is 0. The summed E-state index contributed by atoms with van der Waals surface area (Å²) in [5.74, 6) is 0.542. The molecule has 116 valence electrons. The first-order valence-corrected chi connectivity index (χ1v) is 7.05. The van der Waals surface area contributed by atoms with Crippen LogP contribution in [0.1, 0.15) is 40.6 Å². The van der Waals surface area contributed by atoms with Crippen molar-refractivity contribution in [3.05, 3.63) is 53.5 Å². The Hall–Kier alpha value is -2.37. The highest BCUT2D eigenvalue weighted by atomic mass is 19.3. The van der Waals surface area contributed by atoms with Crippen LogP contribution in [0.5, 0.6) is 5.75 Å². The van der Waals surface area contributed by atoms with Gasteiger partial charge in [0.15, 0.2) is 0 Å². The van der Waals surface area contributed by atoms with Crippen LogP contribution >= 0.6 is 0 Å². The summed E-state index contributed by atoms with van der Waals surface area (Å²) in [6, 6.07) is 7.51. The molecular weight excluding hydrogens is 292 g/mol. The molecule has 6 heteroatoms. The predicted octanol–water partition coefficient (Wildman–Crippen LogP) is 3.69.